The van der Waals surface area contributed by atoms with E-state index in [1.54, 1.807) is 0 Å². The van der Waals surface area contributed by atoms with Gasteiger partial charge in [-0.05, 0) is 0 Å². The molecule has 0 bridgehead atoms. The Morgan fingerprint density at radius 2 is 1.00 bits per heavy atom. The Morgan fingerprint density at radius 3 is 1.00 bits per heavy atom. The minimum absolute atomic E-state index is 0. The van der Waals surface area contributed by atoms with Crippen molar-refractivity contribution in [3.63, 3.8) is 0 Å². The first-order valence-corrected chi connectivity index (χ1v) is 0. The minimum Gasteiger partial charge on any atom is 0 e. The van der Waals surface area contributed by atoms with Gasteiger partial charge in [0.25, 0.3) is 0 Å². The predicted octanol–water partition coefficient (Wildman–Crippen LogP) is -1.84. The molecule has 0 aromatic rings. The number of rotatable bonds is 0. The predicted molar refractivity (Wildman–Crippen MR) is 17.1 cm³/mol. The third-order valence-corrected chi connectivity index (χ3v) is 0. The van der Waals surface area contributed by atoms with E-state index in [-0.39, 0.29) is 103 Å². The van der Waals surface area contributed by atoms with E-state index in [2.05, 4.69) is 0 Å². The molecule has 0 fully saturated rings. The summed E-state index contributed by atoms with van der Waals surface area (Å²) in [7, 11) is 0. The Balaban J connectivity index is 0. The Morgan fingerprint density at radius 1 is 1.00 bits per heavy atom. The molecule has 0 rings (SSSR count). The average molecular weight is 331 g/mol. The quantitative estimate of drug-likeness (QED) is 0.458. The van der Waals surface area contributed by atoms with Crippen LogP contribution in [-0.4, -0.2) is 60.8 Å². The molecule has 0 saturated heterocycles. The molecule has 0 aromatic carbocycles. The molecular weight excluding hydrogens is 327 g/mol. The van der Waals surface area contributed by atoms with Gasteiger partial charge in [0.1, 0.15) is 0 Å². The van der Waals surface area contributed by atoms with Crippen LogP contribution in [0.5, 0.6) is 0 Å². The normalized spacial score (nSPS) is 0. The number of hydrogen-bond acceptors (Lipinski definition) is 0. The van der Waals surface area contributed by atoms with Gasteiger partial charge in [-0.2, -0.15) is 0 Å². The van der Waals surface area contributed by atoms with Gasteiger partial charge < -0.3 is 0 Å². The maximum Gasteiger partial charge on any atom is 0.316 e. The molecule has 4 heteroatoms. The molecule has 0 saturated carbocycles. The van der Waals surface area contributed by atoms with Gasteiger partial charge in [0.05, 0.1) is 0 Å². The fourth-order valence-electron chi connectivity index (χ4n) is 0. The van der Waals surface area contributed by atoms with Crippen molar-refractivity contribution in [3.05, 3.63) is 0 Å². The number of hydrogen-bond donors (Lipinski definition) is 0. The summed E-state index contributed by atoms with van der Waals surface area (Å²) in [6.07, 6.45) is 0. The van der Waals surface area contributed by atoms with E-state index in [1.165, 1.54) is 0 Å². The van der Waals surface area contributed by atoms with Gasteiger partial charge in [-0.25, -0.2) is 0 Å². The van der Waals surface area contributed by atoms with Crippen LogP contribution in [0.2, 0.25) is 0 Å². The van der Waals surface area contributed by atoms with Crippen molar-refractivity contribution in [1.82, 2.24) is 0 Å². The maximum atomic E-state index is 0. The van der Waals surface area contributed by atoms with Gasteiger partial charge >= 0.3 is 60.8 Å². The standard InChI is InChI=1S/Au.Ca.Mg.Zn.4H. The van der Waals surface area contributed by atoms with Crippen LogP contribution in [0.25, 0.3) is 0 Å². The van der Waals surface area contributed by atoms with Crippen molar-refractivity contribution >= 4 is 60.8 Å². The summed E-state index contributed by atoms with van der Waals surface area (Å²) in [6.45, 7) is 0. The first-order valence-electron chi connectivity index (χ1n) is 0. The monoisotopic (exact) mass is 329 g/mol. The molecule has 4 heavy (non-hydrogen) atoms. The molecule has 0 aliphatic carbocycles. The van der Waals surface area contributed by atoms with Crippen LogP contribution in [0.1, 0.15) is 0 Å². The second-order valence-electron chi connectivity index (χ2n) is 0. The van der Waals surface area contributed by atoms with E-state index < -0.39 is 0 Å². The van der Waals surface area contributed by atoms with Crippen molar-refractivity contribution in [2.75, 3.05) is 0 Å². The van der Waals surface area contributed by atoms with E-state index in [1.807, 2.05) is 0 Å². The van der Waals surface area contributed by atoms with Gasteiger partial charge in [-0.1, -0.05) is 0 Å². The summed E-state index contributed by atoms with van der Waals surface area (Å²) in [5, 5.41) is 0. The van der Waals surface area contributed by atoms with Crippen molar-refractivity contribution in [1.29, 1.82) is 0 Å². The summed E-state index contributed by atoms with van der Waals surface area (Å²) >= 11 is 0. The van der Waals surface area contributed by atoms with Crippen molar-refractivity contribution in [2.24, 2.45) is 0 Å². The summed E-state index contributed by atoms with van der Waals surface area (Å²) in [5.41, 5.74) is 0. The zero-order valence-electron chi connectivity index (χ0n) is 1.01. The molecule has 0 aliphatic heterocycles. The topological polar surface area (TPSA) is 0 Å². The first-order chi connectivity index (χ1) is 0. The molecule has 0 aliphatic rings. The van der Waals surface area contributed by atoms with Crippen LogP contribution in [0.4, 0.5) is 0 Å². The largest absolute Gasteiger partial charge is 0.316 e. The molecule has 0 atom stereocenters. The van der Waals surface area contributed by atoms with E-state index >= 15 is 0 Å². The zero-order valence-corrected chi connectivity index (χ0v) is 6.14. The molecule has 0 aromatic heterocycles. The molecule has 21 valence electrons. The molecule has 0 unspecified atom stereocenters. The second kappa shape index (κ2) is 16.2. The van der Waals surface area contributed by atoms with E-state index in [9.17, 15) is 0 Å². The van der Waals surface area contributed by atoms with Gasteiger partial charge in [-0.3, -0.25) is 0 Å². The Bertz CT molecular complexity index is 8.00. The molecule has 0 N–H and O–H groups in total. The molecule has 0 spiro atoms. The molecule has 1 radical (unpaired) electrons. The summed E-state index contributed by atoms with van der Waals surface area (Å²) in [6, 6.07) is 0. The van der Waals surface area contributed by atoms with Crippen molar-refractivity contribution in [2.45, 2.75) is 0 Å². The smallest absolute Gasteiger partial charge is 0 e. The summed E-state index contributed by atoms with van der Waals surface area (Å²) in [5.74, 6) is 0. The van der Waals surface area contributed by atoms with Gasteiger partial charge in [-0.15, -0.1) is 0 Å². The van der Waals surface area contributed by atoms with E-state index in [0.717, 1.165) is 0 Å². The van der Waals surface area contributed by atoms with Crippen molar-refractivity contribution < 1.29 is 41.9 Å². The SMILES string of the molecule is [Au].[CaH2].[MgH2].[Zn]. The molecule has 0 nitrogen and oxygen atoms in total. The van der Waals surface area contributed by atoms with Gasteiger partial charge in [0.15, 0.2) is 0 Å². The summed E-state index contributed by atoms with van der Waals surface area (Å²) < 4.78 is 0. The molecular formula is H4AuCaMgZn. The van der Waals surface area contributed by atoms with Crippen LogP contribution in [0.3, 0.4) is 0 Å². The minimum atomic E-state index is 0. The Labute approximate surface area is 100 Å². The van der Waals surface area contributed by atoms with E-state index in [4.69, 9.17) is 0 Å². The van der Waals surface area contributed by atoms with Crippen LogP contribution < -0.4 is 0 Å². The first kappa shape index (κ1) is 26.3. The van der Waals surface area contributed by atoms with Crippen LogP contribution >= 0.6 is 0 Å². The summed E-state index contributed by atoms with van der Waals surface area (Å²) in [4.78, 5) is 0. The fourth-order valence-corrected chi connectivity index (χ4v) is 0. The third-order valence-electron chi connectivity index (χ3n) is 0. The Hall–Kier alpha value is 3.39. The maximum absolute atomic E-state index is 0. The van der Waals surface area contributed by atoms with Gasteiger partial charge in [0.2, 0.25) is 0 Å². The third kappa shape index (κ3) is 9.04. The van der Waals surface area contributed by atoms with E-state index in [0.29, 0.717) is 0 Å². The fraction of sp³-hybridized carbons (Fsp3) is 0. The van der Waals surface area contributed by atoms with Crippen LogP contribution in [-0.2, 0) is 41.9 Å². The van der Waals surface area contributed by atoms with Crippen molar-refractivity contribution in [3.8, 4) is 0 Å². The Kier molecular flexibility index (Phi) is 106. The zero-order chi connectivity index (χ0) is 0. The van der Waals surface area contributed by atoms with Crippen LogP contribution in [0.15, 0.2) is 0 Å². The van der Waals surface area contributed by atoms with Gasteiger partial charge in [0, 0.05) is 41.9 Å². The average Bonchev–Trinajstić information content (AvgIpc) is 0. The molecule has 0 heterocycles. The van der Waals surface area contributed by atoms with Crippen LogP contribution in [0, 0.1) is 0 Å². The second-order valence-corrected chi connectivity index (χ2v) is 0. The molecule has 0 amide bonds.